The Morgan fingerprint density at radius 1 is 1.18 bits per heavy atom. The smallest absolute Gasteiger partial charge is 0.406 e. The van der Waals surface area contributed by atoms with E-state index in [1.807, 2.05) is 20.0 Å². The third-order valence-corrected chi connectivity index (χ3v) is 4.44. The number of hydrogen-bond donors (Lipinski definition) is 2. The van der Waals surface area contributed by atoms with Gasteiger partial charge in [0.15, 0.2) is 5.96 Å². The molecule has 0 aliphatic rings. The number of guanidine groups is 1. The van der Waals surface area contributed by atoms with Gasteiger partial charge in [-0.3, -0.25) is 4.99 Å². The Morgan fingerprint density at radius 3 is 2.46 bits per heavy atom. The number of alkyl halides is 3. The number of aromatic nitrogens is 1. The molecule has 5 nitrogen and oxygen atoms in total. The van der Waals surface area contributed by atoms with E-state index in [1.54, 1.807) is 23.5 Å². The van der Waals surface area contributed by atoms with Crippen LogP contribution in [0.15, 0.2) is 35.5 Å². The van der Waals surface area contributed by atoms with Crippen molar-refractivity contribution in [3.63, 3.8) is 0 Å². The van der Waals surface area contributed by atoms with Crippen LogP contribution in [-0.4, -0.2) is 36.9 Å². The van der Waals surface area contributed by atoms with Crippen LogP contribution in [0, 0.1) is 6.92 Å². The second kappa shape index (κ2) is 12.1. The van der Waals surface area contributed by atoms with E-state index in [9.17, 15) is 13.2 Å². The van der Waals surface area contributed by atoms with Crippen molar-refractivity contribution in [1.82, 2.24) is 15.6 Å². The van der Waals surface area contributed by atoms with Gasteiger partial charge >= 0.3 is 6.36 Å². The molecular weight excluding hydrogens is 504 g/mol. The second-order valence-electron chi connectivity index (χ2n) is 5.74. The Balaban J connectivity index is 0.00000392. The summed E-state index contributed by atoms with van der Waals surface area (Å²) >= 11 is 1.67. The summed E-state index contributed by atoms with van der Waals surface area (Å²) in [5.74, 6) is 0.495. The van der Waals surface area contributed by atoms with Gasteiger partial charge in [0.05, 0.1) is 5.01 Å². The lowest BCUT2D eigenvalue weighted by Gasteiger charge is -2.12. The highest BCUT2D eigenvalue weighted by Crippen LogP contribution is 2.22. The van der Waals surface area contributed by atoms with Gasteiger partial charge in [-0.05, 0) is 38.0 Å². The van der Waals surface area contributed by atoms with E-state index in [4.69, 9.17) is 0 Å². The van der Waals surface area contributed by atoms with Crippen LogP contribution in [-0.2, 0) is 12.8 Å². The minimum atomic E-state index is -4.67. The normalized spacial score (nSPS) is 11.7. The first-order valence-electron chi connectivity index (χ1n) is 8.64. The number of halogens is 4. The standard InChI is InChI=1S/C18H23F3N4OS.HI/c1-3-22-17(24-11-9-16-25-12-13(2)27-16)23-10-8-14-4-6-15(7-5-14)26-18(19,20)21;/h4-7,12H,3,8-11H2,1-2H3,(H2,22,23,24);1H. The van der Waals surface area contributed by atoms with Crippen LogP contribution in [0.3, 0.4) is 0 Å². The molecule has 0 fully saturated rings. The second-order valence-corrected chi connectivity index (χ2v) is 7.06. The minimum absolute atomic E-state index is 0. The van der Waals surface area contributed by atoms with E-state index in [2.05, 4.69) is 25.3 Å². The summed E-state index contributed by atoms with van der Waals surface area (Å²) in [6.45, 7) is 6.00. The largest absolute Gasteiger partial charge is 0.573 e. The number of rotatable bonds is 8. The third kappa shape index (κ3) is 9.58. The van der Waals surface area contributed by atoms with Crippen LogP contribution < -0.4 is 15.4 Å². The van der Waals surface area contributed by atoms with Gasteiger partial charge in [-0.15, -0.1) is 48.5 Å². The van der Waals surface area contributed by atoms with E-state index >= 15 is 0 Å². The number of nitrogens with one attached hydrogen (secondary N) is 2. The van der Waals surface area contributed by atoms with E-state index in [1.165, 1.54) is 17.0 Å². The molecule has 1 aromatic heterocycles. The van der Waals surface area contributed by atoms with Crippen molar-refractivity contribution in [2.45, 2.75) is 33.1 Å². The van der Waals surface area contributed by atoms with E-state index in [0.29, 0.717) is 25.5 Å². The summed E-state index contributed by atoms with van der Waals surface area (Å²) < 4.78 is 40.3. The van der Waals surface area contributed by atoms with Crippen molar-refractivity contribution < 1.29 is 17.9 Å². The predicted molar refractivity (Wildman–Crippen MR) is 117 cm³/mol. The Kier molecular flexibility index (Phi) is 10.6. The van der Waals surface area contributed by atoms with Gasteiger partial charge < -0.3 is 15.4 Å². The highest BCUT2D eigenvalue weighted by atomic mass is 127. The van der Waals surface area contributed by atoms with Gasteiger partial charge in [-0.25, -0.2) is 4.98 Å². The van der Waals surface area contributed by atoms with Crippen LogP contribution in [0.2, 0.25) is 0 Å². The number of hydrogen-bond acceptors (Lipinski definition) is 4. The lowest BCUT2D eigenvalue weighted by Crippen LogP contribution is -2.38. The molecule has 156 valence electrons. The molecule has 0 aliphatic carbocycles. The first-order valence-corrected chi connectivity index (χ1v) is 9.45. The number of aryl methyl sites for hydroxylation is 1. The number of nitrogens with zero attached hydrogens (tertiary/aromatic N) is 2. The zero-order valence-electron chi connectivity index (χ0n) is 15.7. The summed E-state index contributed by atoms with van der Waals surface area (Å²) in [5.41, 5.74) is 0.908. The van der Waals surface area contributed by atoms with Crippen molar-refractivity contribution in [3.05, 3.63) is 45.9 Å². The maximum absolute atomic E-state index is 12.2. The molecule has 0 spiro atoms. The molecular formula is C18H24F3IN4OS. The minimum Gasteiger partial charge on any atom is -0.406 e. The van der Waals surface area contributed by atoms with Crippen molar-refractivity contribution >= 4 is 41.3 Å². The molecule has 0 atom stereocenters. The maximum Gasteiger partial charge on any atom is 0.573 e. The number of thiazole rings is 1. The third-order valence-electron chi connectivity index (χ3n) is 3.47. The number of aliphatic imine (C=N–C) groups is 1. The molecule has 0 saturated heterocycles. The topological polar surface area (TPSA) is 58.5 Å². The summed E-state index contributed by atoms with van der Waals surface area (Å²) in [6, 6.07) is 5.88. The zero-order valence-corrected chi connectivity index (χ0v) is 18.8. The fourth-order valence-electron chi connectivity index (χ4n) is 2.31. The molecule has 10 heteroatoms. The van der Waals surface area contributed by atoms with Gasteiger partial charge in [0.2, 0.25) is 0 Å². The van der Waals surface area contributed by atoms with E-state index < -0.39 is 6.36 Å². The Labute approximate surface area is 183 Å². The van der Waals surface area contributed by atoms with Crippen molar-refractivity contribution in [3.8, 4) is 5.75 Å². The van der Waals surface area contributed by atoms with E-state index in [0.717, 1.165) is 23.5 Å². The average molecular weight is 528 g/mol. The van der Waals surface area contributed by atoms with E-state index in [-0.39, 0.29) is 29.7 Å². The highest BCUT2D eigenvalue weighted by Gasteiger charge is 2.30. The fourth-order valence-corrected chi connectivity index (χ4v) is 3.08. The summed E-state index contributed by atoms with van der Waals surface area (Å²) in [4.78, 5) is 10.0. The van der Waals surface area contributed by atoms with Gasteiger partial charge in [0, 0.05) is 37.1 Å². The van der Waals surface area contributed by atoms with Crippen LogP contribution in [0.4, 0.5) is 13.2 Å². The molecule has 2 N–H and O–H groups in total. The molecule has 0 saturated carbocycles. The molecule has 0 aliphatic heterocycles. The van der Waals surface area contributed by atoms with Crippen LogP contribution in [0.25, 0.3) is 0 Å². The van der Waals surface area contributed by atoms with Crippen LogP contribution >= 0.6 is 35.3 Å². The summed E-state index contributed by atoms with van der Waals surface area (Å²) in [5, 5.41) is 7.46. The molecule has 1 heterocycles. The van der Waals surface area contributed by atoms with Gasteiger partial charge in [-0.2, -0.15) is 0 Å². The molecule has 0 bridgehead atoms. The Hall–Kier alpha value is -1.56. The molecule has 28 heavy (non-hydrogen) atoms. The summed E-state index contributed by atoms with van der Waals surface area (Å²) in [6.07, 6.45) is -1.37. The lowest BCUT2D eigenvalue weighted by molar-refractivity contribution is -0.274. The monoisotopic (exact) mass is 528 g/mol. The summed E-state index contributed by atoms with van der Waals surface area (Å²) in [7, 11) is 0. The molecule has 0 amide bonds. The molecule has 0 radical (unpaired) electrons. The van der Waals surface area contributed by atoms with Crippen LogP contribution in [0.1, 0.15) is 22.4 Å². The van der Waals surface area contributed by atoms with Crippen molar-refractivity contribution in [2.75, 3.05) is 19.6 Å². The molecule has 2 rings (SSSR count). The lowest BCUT2D eigenvalue weighted by atomic mass is 10.1. The Bertz CT molecular complexity index is 735. The molecule has 2 aromatic rings. The fraction of sp³-hybridized carbons (Fsp3) is 0.444. The first-order chi connectivity index (χ1) is 12.9. The highest BCUT2D eigenvalue weighted by molar-refractivity contribution is 14.0. The number of ether oxygens (including phenoxy) is 1. The first kappa shape index (κ1) is 24.5. The SMILES string of the molecule is CCNC(=NCCc1ncc(C)s1)NCCc1ccc(OC(F)(F)F)cc1.I. The zero-order chi connectivity index (χ0) is 19.7. The van der Waals surface area contributed by atoms with Crippen molar-refractivity contribution in [2.24, 2.45) is 4.99 Å². The number of benzene rings is 1. The predicted octanol–water partition coefficient (Wildman–Crippen LogP) is 4.31. The van der Waals surface area contributed by atoms with Gasteiger partial charge in [-0.1, -0.05) is 12.1 Å². The maximum atomic E-state index is 12.2. The molecule has 0 unspecified atom stereocenters. The molecule has 1 aromatic carbocycles. The van der Waals surface area contributed by atoms with Gasteiger partial charge in [0.25, 0.3) is 0 Å². The van der Waals surface area contributed by atoms with Crippen molar-refractivity contribution in [1.29, 1.82) is 0 Å². The van der Waals surface area contributed by atoms with Gasteiger partial charge in [0.1, 0.15) is 5.75 Å². The quantitative estimate of drug-likeness (QED) is 0.305. The Morgan fingerprint density at radius 2 is 1.89 bits per heavy atom. The van der Waals surface area contributed by atoms with Crippen LogP contribution in [0.5, 0.6) is 5.75 Å². The average Bonchev–Trinajstić information content (AvgIpc) is 3.00.